The maximum Gasteiger partial charge on any atom is 0.255 e. The molecule has 33 heavy (non-hydrogen) atoms. The van der Waals surface area contributed by atoms with E-state index in [4.69, 9.17) is 4.98 Å². The van der Waals surface area contributed by atoms with Crippen molar-refractivity contribution in [1.82, 2.24) is 9.88 Å². The number of likely N-dealkylation sites (tertiary alicyclic amines) is 1. The van der Waals surface area contributed by atoms with E-state index in [-0.39, 0.29) is 11.7 Å². The first-order valence-corrected chi connectivity index (χ1v) is 12.1. The number of anilines is 1. The number of carbonyl (C=O) groups excluding carboxylic acids is 2. The lowest BCUT2D eigenvalue weighted by Crippen LogP contribution is -2.18. The van der Waals surface area contributed by atoms with Crippen LogP contribution in [0.15, 0.2) is 48.7 Å². The summed E-state index contributed by atoms with van der Waals surface area (Å²) < 4.78 is 0. The van der Waals surface area contributed by atoms with Crippen molar-refractivity contribution in [1.29, 1.82) is 0 Å². The summed E-state index contributed by atoms with van der Waals surface area (Å²) in [5.74, 6) is 0.0869. The van der Waals surface area contributed by atoms with Gasteiger partial charge in [-0.15, -0.1) is 0 Å². The fraction of sp³-hybridized carbons (Fsp3) is 0.393. The molecule has 2 heterocycles. The Morgan fingerprint density at radius 3 is 2.52 bits per heavy atom. The second-order valence-corrected chi connectivity index (χ2v) is 9.11. The van der Waals surface area contributed by atoms with Crippen molar-refractivity contribution in [2.75, 3.05) is 18.4 Å². The molecule has 1 aromatic heterocycles. The summed E-state index contributed by atoms with van der Waals surface area (Å²) in [6.45, 7) is 7.36. The number of nitrogens with one attached hydrogen (secondary N) is 1. The molecule has 0 bridgehead atoms. The molecule has 2 aromatic carbocycles. The van der Waals surface area contributed by atoms with Crippen LogP contribution >= 0.6 is 0 Å². The van der Waals surface area contributed by atoms with Crippen molar-refractivity contribution < 1.29 is 9.59 Å². The van der Waals surface area contributed by atoms with E-state index in [9.17, 15) is 9.59 Å². The van der Waals surface area contributed by atoms with Gasteiger partial charge in [0.05, 0.1) is 5.52 Å². The van der Waals surface area contributed by atoms with Crippen LogP contribution in [0.4, 0.5) is 5.69 Å². The van der Waals surface area contributed by atoms with Gasteiger partial charge >= 0.3 is 0 Å². The number of pyridine rings is 1. The molecule has 1 N–H and O–H groups in total. The van der Waals surface area contributed by atoms with Gasteiger partial charge in [0.1, 0.15) is 5.78 Å². The van der Waals surface area contributed by atoms with Gasteiger partial charge in [0.15, 0.2) is 0 Å². The van der Waals surface area contributed by atoms with E-state index in [0.29, 0.717) is 18.4 Å². The molecular formula is C28H33N3O2. The highest BCUT2D eigenvalue weighted by Gasteiger charge is 2.14. The quantitative estimate of drug-likeness (QED) is 0.461. The smallest absolute Gasteiger partial charge is 0.255 e. The third-order valence-corrected chi connectivity index (χ3v) is 6.44. The topological polar surface area (TPSA) is 62.3 Å². The predicted molar refractivity (Wildman–Crippen MR) is 134 cm³/mol. The zero-order chi connectivity index (χ0) is 23.2. The molecule has 0 unspecified atom stereocenters. The number of hydrogen-bond acceptors (Lipinski definition) is 4. The summed E-state index contributed by atoms with van der Waals surface area (Å²) in [6, 6.07) is 13.5. The largest absolute Gasteiger partial charge is 0.322 e. The van der Waals surface area contributed by atoms with Gasteiger partial charge in [-0.2, -0.15) is 0 Å². The first-order chi connectivity index (χ1) is 16.0. The minimum absolute atomic E-state index is 0.160. The highest BCUT2D eigenvalue weighted by atomic mass is 16.1. The van der Waals surface area contributed by atoms with Crippen LogP contribution in [0.3, 0.4) is 0 Å². The van der Waals surface area contributed by atoms with Gasteiger partial charge in [0, 0.05) is 42.2 Å². The van der Waals surface area contributed by atoms with Gasteiger partial charge in [-0.25, -0.2) is 0 Å². The number of aryl methyl sites for hydroxylation is 1. The van der Waals surface area contributed by atoms with E-state index in [2.05, 4.69) is 23.2 Å². The number of ketones is 1. The molecule has 0 aliphatic carbocycles. The number of nitrogens with zero attached hydrogens (tertiary/aromatic N) is 2. The van der Waals surface area contributed by atoms with Crippen molar-refractivity contribution in [3.63, 3.8) is 0 Å². The second-order valence-electron chi connectivity index (χ2n) is 9.11. The molecule has 0 atom stereocenters. The third kappa shape index (κ3) is 5.85. The standard InChI is InChI=1S/C28H33N3O2/c1-3-4-7-25(32)17-21-8-10-23(11-9-21)28(33)30-26-13-12-24-16-22(18-29-27(24)20(26)2)19-31-14-5-6-15-31/h8-13,16,18H,3-7,14-15,17,19H2,1-2H3,(H,30,33). The van der Waals surface area contributed by atoms with Crippen molar-refractivity contribution >= 4 is 28.3 Å². The van der Waals surface area contributed by atoms with Crippen molar-refractivity contribution in [2.24, 2.45) is 0 Å². The van der Waals surface area contributed by atoms with Crippen LogP contribution in [-0.4, -0.2) is 34.7 Å². The number of amides is 1. The molecule has 3 aromatic rings. The number of hydrogen-bond donors (Lipinski definition) is 1. The Morgan fingerprint density at radius 1 is 1.03 bits per heavy atom. The van der Waals surface area contributed by atoms with Gasteiger partial charge in [-0.05, 0) is 80.2 Å². The lowest BCUT2D eigenvalue weighted by molar-refractivity contribution is -0.118. The molecule has 5 heteroatoms. The minimum Gasteiger partial charge on any atom is -0.322 e. The molecular weight excluding hydrogens is 410 g/mol. The van der Waals surface area contributed by atoms with Crippen LogP contribution in [0.25, 0.3) is 10.9 Å². The molecule has 1 aliphatic heterocycles. The van der Waals surface area contributed by atoms with Crippen molar-refractivity contribution in [3.05, 3.63) is 70.9 Å². The Morgan fingerprint density at radius 2 is 1.79 bits per heavy atom. The number of fused-ring (bicyclic) bond motifs is 1. The second kappa shape index (κ2) is 10.7. The van der Waals surface area contributed by atoms with E-state index < -0.39 is 0 Å². The number of Topliss-reactive ketones (excluding diaryl/α,β-unsaturated/α-hetero) is 1. The number of rotatable bonds is 9. The van der Waals surface area contributed by atoms with E-state index in [0.717, 1.165) is 60.2 Å². The molecule has 1 amide bonds. The van der Waals surface area contributed by atoms with Gasteiger partial charge in [0.25, 0.3) is 5.91 Å². The SMILES string of the molecule is CCCCC(=O)Cc1ccc(C(=O)Nc2ccc3cc(CN4CCCC4)cnc3c2C)cc1. The van der Waals surface area contributed by atoms with Gasteiger partial charge in [-0.1, -0.05) is 31.5 Å². The van der Waals surface area contributed by atoms with Crippen molar-refractivity contribution in [3.8, 4) is 0 Å². The Kier molecular flexibility index (Phi) is 7.50. The van der Waals surface area contributed by atoms with E-state index >= 15 is 0 Å². The molecule has 0 saturated carbocycles. The summed E-state index contributed by atoms with van der Waals surface area (Å²) in [5, 5.41) is 4.12. The summed E-state index contributed by atoms with van der Waals surface area (Å²) in [4.78, 5) is 32.0. The summed E-state index contributed by atoms with van der Waals surface area (Å²) >= 11 is 0. The maximum absolute atomic E-state index is 12.8. The highest BCUT2D eigenvalue weighted by molar-refractivity contribution is 6.06. The monoisotopic (exact) mass is 443 g/mol. The summed E-state index contributed by atoms with van der Waals surface area (Å²) in [6.07, 6.45) is 7.52. The lowest BCUT2D eigenvalue weighted by Gasteiger charge is -2.15. The first-order valence-electron chi connectivity index (χ1n) is 12.1. The molecule has 5 nitrogen and oxygen atoms in total. The molecule has 172 valence electrons. The van der Waals surface area contributed by atoms with Crippen LogP contribution in [0.1, 0.15) is 66.1 Å². The van der Waals surface area contributed by atoms with Gasteiger partial charge in [-0.3, -0.25) is 19.5 Å². The Hall–Kier alpha value is -3.05. The minimum atomic E-state index is -0.160. The molecule has 1 saturated heterocycles. The van der Waals surface area contributed by atoms with Gasteiger partial charge in [0.2, 0.25) is 0 Å². The predicted octanol–water partition coefficient (Wildman–Crippen LogP) is 5.69. The van der Waals surface area contributed by atoms with Crippen LogP contribution < -0.4 is 5.32 Å². The van der Waals surface area contributed by atoms with Crippen LogP contribution in [0.5, 0.6) is 0 Å². The number of carbonyl (C=O) groups is 2. The molecule has 0 spiro atoms. The van der Waals surface area contributed by atoms with Crippen LogP contribution in [-0.2, 0) is 17.8 Å². The Bertz CT molecular complexity index is 1130. The third-order valence-electron chi connectivity index (χ3n) is 6.44. The molecule has 4 rings (SSSR count). The molecule has 1 fully saturated rings. The zero-order valence-corrected chi connectivity index (χ0v) is 19.7. The normalized spacial score (nSPS) is 14.0. The van der Waals surface area contributed by atoms with Crippen molar-refractivity contribution in [2.45, 2.75) is 58.9 Å². The summed E-state index contributed by atoms with van der Waals surface area (Å²) in [7, 11) is 0. The lowest BCUT2D eigenvalue weighted by atomic mass is 10.0. The summed E-state index contributed by atoms with van der Waals surface area (Å²) in [5.41, 5.74) is 5.40. The van der Waals surface area contributed by atoms with Gasteiger partial charge < -0.3 is 5.32 Å². The zero-order valence-electron chi connectivity index (χ0n) is 19.7. The average Bonchev–Trinajstić information content (AvgIpc) is 3.33. The van der Waals surface area contributed by atoms with Crippen LogP contribution in [0.2, 0.25) is 0 Å². The molecule has 0 radical (unpaired) electrons. The first kappa shape index (κ1) is 23.1. The molecule has 1 aliphatic rings. The van der Waals surface area contributed by atoms with Crippen LogP contribution in [0, 0.1) is 6.92 Å². The Balaban J connectivity index is 1.42. The number of benzene rings is 2. The average molecular weight is 444 g/mol. The van der Waals surface area contributed by atoms with E-state index in [1.165, 1.54) is 18.4 Å². The Labute approximate surface area is 196 Å². The van der Waals surface area contributed by atoms with E-state index in [1.54, 1.807) is 12.1 Å². The highest BCUT2D eigenvalue weighted by Crippen LogP contribution is 2.26. The fourth-order valence-electron chi connectivity index (χ4n) is 4.47. The van der Waals surface area contributed by atoms with E-state index in [1.807, 2.05) is 37.4 Å². The number of unbranched alkanes of at least 4 members (excludes halogenated alkanes) is 1. The maximum atomic E-state index is 12.8. The number of aromatic nitrogens is 1. The fourth-order valence-corrected chi connectivity index (χ4v) is 4.47.